The van der Waals surface area contributed by atoms with Gasteiger partial charge in [0.15, 0.2) is 13.2 Å². The zero-order valence-electron chi connectivity index (χ0n) is 17.8. The van der Waals surface area contributed by atoms with Crippen LogP contribution in [0, 0.1) is 0 Å². The first-order valence-corrected chi connectivity index (χ1v) is 12.5. The summed E-state index contributed by atoms with van der Waals surface area (Å²) in [5.74, 6) is -0.581. The highest BCUT2D eigenvalue weighted by molar-refractivity contribution is 7.94. The van der Waals surface area contributed by atoms with Crippen LogP contribution in [0.1, 0.15) is 5.56 Å². The number of fused-ring (bicyclic) bond motifs is 1. The van der Waals surface area contributed by atoms with Gasteiger partial charge in [-0.3, -0.25) is 9.10 Å². The minimum absolute atomic E-state index is 0.250. The first-order chi connectivity index (χ1) is 15.9. The van der Waals surface area contributed by atoms with Crippen LogP contribution in [0.2, 0.25) is 0 Å². The van der Waals surface area contributed by atoms with Crippen molar-refractivity contribution in [1.29, 1.82) is 0 Å². The lowest BCUT2D eigenvalue weighted by Crippen LogP contribution is -2.33. The molecular formula is C23H22N2O6S2. The second-order valence-corrected chi connectivity index (χ2v) is 10.4. The lowest BCUT2D eigenvalue weighted by molar-refractivity contribution is -0.149. The van der Waals surface area contributed by atoms with Crippen LogP contribution in [0.3, 0.4) is 0 Å². The number of benzene rings is 2. The molecule has 4 rings (SSSR count). The van der Waals surface area contributed by atoms with Crippen LogP contribution in [0.15, 0.2) is 70.3 Å². The van der Waals surface area contributed by atoms with E-state index in [1.807, 2.05) is 24.3 Å². The molecule has 0 saturated carbocycles. The van der Waals surface area contributed by atoms with Crippen LogP contribution in [0.25, 0.3) is 0 Å². The predicted molar refractivity (Wildman–Crippen MR) is 125 cm³/mol. The average molecular weight is 487 g/mol. The van der Waals surface area contributed by atoms with Crippen LogP contribution < -0.4 is 13.9 Å². The van der Waals surface area contributed by atoms with Gasteiger partial charge in [0.2, 0.25) is 0 Å². The molecule has 0 N–H and O–H groups in total. The summed E-state index contributed by atoms with van der Waals surface area (Å²) in [5.41, 5.74) is 2.40. The Bertz CT molecular complexity index is 1240. The third-order valence-corrected chi connectivity index (χ3v) is 8.37. The number of rotatable bonds is 8. The molecule has 3 aromatic rings. The van der Waals surface area contributed by atoms with Crippen molar-refractivity contribution in [2.24, 2.45) is 0 Å². The summed E-state index contributed by atoms with van der Waals surface area (Å²) in [6.07, 6.45) is 0.777. The molecule has 0 atom stereocenters. The second-order valence-electron chi connectivity index (χ2n) is 7.27. The number of nitrogens with zero attached hydrogens (tertiary/aromatic N) is 2. The molecule has 1 aliphatic heterocycles. The normalized spacial score (nSPS) is 12.8. The summed E-state index contributed by atoms with van der Waals surface area (Å²) < 4.78 is 37.1. The fourth-order valence-electron chi connectivity index (χ4n) is 3.44. The van der Waals surface area contributed by atoms with Gasteiger partial charge in [0.05, 0.1) is 5.69 Å². The van der Waals surface area contributed by atoms with Crippen molar-refractivity contribution in [3.8, 4) is 5.75 Å². The number of carbonyl (C=O) groups excluding carboxylic acids is 2. The predicted octanol–water partition coefficient (Wildman–Crippen LogP) is 3.08. The monoisotopic (exact) mass is 486 g/mol. The molecule has 0 aliphatic carbocycles. The summed E-state index contributed by atoms with van der Waals surface area (Å²) in [4.78, 5) is 26.0. The standard InChI is InChI=1S/C23H22N2O6S2/c1-24(33(28,29)23-7-4-14-32-23)18-8-10-19(11-9-18)30-16-22(27)31-15-21(26)25-13-12-17-5-2-3-6-20(17)25/h2-11,14H,12-13,15-16H2,1H3. The van der Waals surface area contributed by atoms with E-state index in [1.165, 1.54) is 11.4 Å². The number of hydrogen-bond donors (Lipinski definition) is 0. The number of carbonyl (C=O) groups is 2. The van der Waals surface area contributed by atoms with E-state index >= 15 is 0 Å². The van der Waals surface area contributed by atoms with Crippen molar-refractivity contribution < 1.29 is 27.5 Å². The van der Waals surface area contributed by atoms with Gasteiger partial charge in [-0.15, -0.1) is 11.3 Å². The Hall–Kier alpha value is -3.37. The molecule has 0 fully saturated rings. The quantitative estimate of drug-likeness (QED) is 0.455. The van der Waals surface area contributed by atoms with E-state index in [0.29, 0.717) is 18.0 Å². The largest absolute Gasteiger partial charge is 0.482 e. The zero-order valence-corrected chi connectivity index (χ0v) is 19.5. The van der Waals surface area contributed by atoms with E-state index in [1.54, 1.807) is 46.7 Å². The van der Waals surface area contributed by atoms with Crippen LogP contribution >= 0.6 is 11.3 Å². The Kier molecular flexibility index (Phi) is 6.66. The van der Waals surface area contributed by atoms with Crippen molar-refractivity contribution in [2.45, 2.75) is 10.6 Å². The lowest BCUT2D eigenvalue weighted by Gasteiger charge is -2.19. The van der Waals surface area contributed by atoms with Crippen molar-refractivity contribution in [1.82, 2.24) is 0 Å². The molecule has 8 nitrogen and oxygen atoms in total. The van der Waals surface area contributed by atoms with E-state index in [0.717, 1.165) is 29.0 Å². The molecule has 1 aromatic heterocycles. The van der Waals surface area contributed by atoms with E-state index in [9.17, 15) is 18.0 Å². The van der Waals surface area contributed by atoms with Crippen molar-refractivity contribution in [3.63, 3.8) is 0 Å². The molecule has 0 radical (unpaired) electrons. The van der Waals surface area contributed by atoms with E-state index in [2.05, 4.69) is 0 Å². The number of ether oxygens (including phenoxy) is 2. The summed E-state index contributed by atoms with van der Waals surface area (Å²) in [5, 5.41) is 1.70. The summed E-state index contributed by atoms with van der Waals surface area (Å²) in [7, 11) is -2.16. The molecule has 1 aliphatic rings. The maximum Gasteiger partial charge on any atom is 0.344 e. The lowest BCUT2D eigenvalue weighted by atomic mass is 10.2. The van der Waals surface area contributed by atoms with E-state index < -0.39 is 16.0 Å². The van der Waals surface area contributed by atoms with E-state index in [4.69, 9.17) is 9.47 Å². The van der Waals surface area contributed by atoms with E-state index in [-0.39, 0.29) is 23.3 Å². The number of anilines is 2. The van der Waals surface area contributed by atoms with Gasteiger partial charge < -0.3 is 14.4 Å². The Labute approximate surface area is 196 Å². The third-order valence-electron chi connectivity index (χ3n) is 5.21. The summed E-state index contributed by atoms with van der Waals surface area (Å²) >= 11 is 1.15. The van der Waals surface area contributed by atoms with Gasteiger partial charge in [-0.25, -0.2) is 13.2 Å². The molecule has 0 saturated heterocycles. The highest BCUT2D eigenvalue weighted by Crippen LogP contribution is 2.28. The maximum atomic E-state index is 12.6. The number of sulfonamides is 1. The Balaban J connectivity index is 1.26. The van der Waals surface area contributed by atoms with Crippen LogP contribution in [0.4, 0.5) is 11.4 Å². The first kappa shape index (κ1) is 22.8. The minimum atomic E-state index is -3.63. The van der Waals surface area contributed by atoms with Gasteiger partial charge in [0.25, 0.3) is 15.9 Å². The molecule has 0 bridgehead atoms. The first-order valence-electron chi connectivity index (χ1n) is 10.2. The molecular weight excluding hydrogens is 464 g/mol. The van der Waals surface area contributed by atoms with Crippen LogP contribution in [-0.4, -0.2) is 47.1 Å². The second kappa shape index (κ2) is 9.63. The highest BCUT2D eigenvalue weighted by Gasteiger charge is 2.25. The summed E-state index contributed by atoms with van der Waals surface area (Å²) in [6, 6.07) is 17.2. The average Bonchev–Trinajstić information content (AvgIpc) is 3.52. The topological polar surface area (TPSA) is 93.2 Å². The van der Waals surface area contributed by atoms with Crippen LogP contribution in [-0.2, 0) is 30.8 Å². The molecule has 0 spiro atoms. The van der Waals surface area contributed by atoms with Crippen molar-refractivity contribution >= 4 is 44.6 Å². The number of esters is 1. The highest BCUT2D eigenvalue weighted by atomic mass is 32.2. The minimum Gasteiger partial charge on any atom is -0.482 e. The molecule has 1 amide bonds. The molecule has 33 heavy (non-hydrogen) atoms. The summed E-state index contributed by atoms with van der Waals surface area (Å²) in [6.45, 7) is -0.164. The fraction of sp³-hybridized carbons (Fsp3) is 0.217. The van der Waals surface area contributed by atoms with Gasteiger partial charge in [0, 0.05) is 19.3 Å². The zero-order chi connectivity index (χ0) is 23.4. The molecule has 2 heterocycles. The third kappa shape index (κ3) is 5.01. The molecule has 0 unspecified atom stereocenters. The fourth-order valence-corrected chi connectivity index (χ4v) is 5.79. The van der Waals surface area contributed by atoms with Crippen molar-refractivity contribution in [3.05, 3.63) is 71.6 Å². The Morgan fingerprint density at radius 3 is 2.52 bits per heavy atom. The molecule has 10 heteroatoms. The SMILES string of the molecule is CN(c1ccc(OCC(=O)OCC(=O)N2CCc3ccccc32)cc1)S(=O)(=O)c1cccs1. The smallest absolute Gasteiger partial charge is 0.344 e. The Morgan fingerprint density at radius 2 is 1.79 bits per heavy atom. The number of amides is 1. The molecule has 2 aromatic carbocycles. The number of para-hydroxylation sites is 1. The van der Waals surface area contributed by atoms with Gasteiger partial charge in [-0.05, 0) is 53.8 Å². The van der Waals surface area contributed by atoms with Gasteiger partial charge in [-0.1, -0.05) is 24.3 Å². The van der Waals surface area contributed by atoms with Crippen LogP contribution in [0.5, 0.6) is 5.75 Å². The molecule has 172 valence electrons. The van der Waals surface area contributed by atoms with Gasteiger partial charge in [-0.2, -0.15) is 0 Å². The maximum absolute atomic E-state index is 12.6. The van der Waals surface area contributed by atoms with Gasteiger partial charge in [0.1, 0.15) is 9.96 Å². The number of hydrogen-bond acceptors (Lipinski definition) is 7. The van der Waals surface area contributed by atoms with Crippen molar-refractivity contribution in [2.75, 3.05) is 36.0 Å². The Morgan fingerprint density at radius 1 is 1.03 bits per heavy atom. The number of thiophene rings is 1. The van der Waals surface area contributed by atoms with Gasteiger partial charge >= 0.3 is 5.97 Å².